The van der Waals surface area contributed by atoms with Crippen LogP contribution in [0.2, 0.25) is 0 Å². The summed E-state index contributed by atoms with van der Waals surface area (Å²) in [5.41, 5.74) is 0.661. The summed E-state index contributed by atoms with van der Waals surface area (Å²) in [7, 11) is -3.62. The van der Waals surface area contributed by atoms with Gasteiger partial charge in [0.15, 0.2) is 5.17 Å². The Balaban J connectivity index is 2.00. The van der Waals surface area contributed by atoms with Gasteiger partial charge >= 0.3 is 0 Å². The van der Waals surface area contributed by atoms with Gasteiger partial charge in [-0.05, 0) is 24.3 Å². The second-order valence-electron chi connectivity index (χ2n) is 4.38. The predicted molar refractivity (Wildman–Crippen MR) is 83.1 cm³/mol. The second kappa shape index (κ2) is 7.12. The van der Waals surface area contributed by atoms with Crippen LogP contribution < -0.4 is 10.0 Å². The molecule has 7 nitrogen and oxygen atoms in total. The van der Waals surface area contributed by atoms with Crippen LogP contribution in [0.5, 0.6) is 0 Å². The number of thioether (sulfide) groups is 1. The lowest BCUT2D eigenvalue weighted by Crippen LogP contribution is -2.27. The van der Waals surface area contributed by atoms with Crippen LogP contribution in [0.15, 0.2) is 34.2 Å². The molecule has 0 aliphatic carbocycles. The van der Waals surface area contributed by atoms with E-state index in [1.165, 1.54) is 23.9 Å². The third kappa shape index (κ3) is 4.60. The molecule has 1 atom stereocenters. The van der Waals surface area contributed by atoms with Crippen LogP contribution in [0, 0.1) is 0 Å². The van der Waals surface area contributed by atoms with Crippen LogP contribution in [-0.4, -0.2) is 55.4 Å². The maximum atomic E-state index is 12.1. The number of sulfonamides is 1. The summed E-state index contributed by atoms with van der Waals surface area (Å²) in [6.45, 7) is 0.482. The topological polar surface area (TPSA) is 111 Å². The van der Waals surface area contributed by atoms with Gasteiger partial charge in [0.2, 0.25) is 0 Å². The molecule has 0 radical (unpaired) electrons. The molecule has 116 valence electrons. The quantitative estimate of drug-likeness (QED) is 0.576. The highest BCUT2D eigenvalue weighted by Gasteiger charge is 2.18. The highest BCUT2D eigenvalue weighted by molar-refractivity contribution is 8.15. The normalized spacial score (nSPS) is 16.4. The van der Waals surface area contributed by atoms with Gasteiger partial charge in [-0.2, -0.15) is 0 Å². The van der Waals surface area contributed by atoms with Gasteiger partial charge in [-0.25, -0.2) is 8.42 Å². The average molecular weight is 331 g/mol. The Morgan fingerprint density at radius 2 is 2.05 bits per heavy atom. The predicted octanol–water partition coefficient (Wildman–Crippen LogP) is -0.167. The Morgan fingerprint density at radius 3 is 2.62 bits per heavy atom. The first kappa shape index (κ1) is 16.1. The third-order valence-electron chi connectivity index (χ3n) is 2.72. The summed E-state index contributed by atoms with van der Waals surface area (Å²) in [6, 6.07) is 6.14. The van der Waals surface area contributed by atoms with Crippen molar-refractivity contribution in [3.8, 4) is 0 Å². The fraction of sp³-hybridized carbons (Fsp3) is 0.417. The van der Waals surface area contributed by atoms with Crippen LogP contribution >= 0.6 is 11.8 Å². The molecule has 1 aromatic rings. The number of aliphatic hydroxyl groups is 2. The average Bonchev–Trinajstić information content (AvgIpc) is 2.97. The summed E-state index contributed by atoms with van der Waals surface area (Å²) in [5, 5.41) is 21.3. The molecule has 1 heterocycles. The number of nitrogens with zero attached hydrogens (tertiary/aromatic N) is 1. The molecule has 0 saturated carbocycles. The smallest absolute Gasteiger partial charge is 0.263 e. The van der Waals surface area contributed by atoms with Gasteiger partial charge in [-0.15, -0.1) is 0 Å². The van der Waals surface area contributed by atoms with E-state index in [1.54, 1.807) is 12.1 Å². The minimum absolute atomic E-state index is 0.144. The number of nitrogens with one attached hydrogen (secondary N) is 2. The van der Waals surface area contributed by atoms with Gasteiger partial charge in [-0.1, -0.05) is 11.8 Å². The van der Waals surface area contributed by atoms with E-state index in [4.69, 9.17) is 5.11 Å². The minimum Gasteiger partial charge on any atom is -0.394 e. The van der Waals surface area contributed by atoms with Crippen molar-refractivity contribution < 1.29 is 18.6 Å². The third-order valence-corrected chi connectivity index (χ3v) is 5.10. The van der Waals surface area contributed by atoms with E-state index >= 15 is 0 Å². The molecule has 1 aliphatic rings. The molecule has 0 aromatic heterocycles. The Labute approximate surface area is 127 Å². The molecule has 1 aliphatic heterocycles. The van der Waals surface area contributed by atoms with Crippen molar-refractivity contribution >= 4 is 32.6 Å². The molecule has 9 heteroatoms. The first-order valence-corrected chi connectivity index (χ1v) is 8.81. The van der Waals surface area contributed by atoms with Crippen LogP contribution in [0.1, 0.15) is 0 Å². The number of aliphatic imine (C=N–C) groups is 1. The molecule has 0 saturated heterocycles. The maximum absolute atomic E-state index is 12.1. The number of amidine groups is 1. The van der Waals surface area contributed by atoms with E-state index in [0.717, 1.165) is 5.75 Å². The highest BCUT2D eigenvalue weighted by atomic mass is 32.2. The number of hydrogen-bond acceptors (Lipinski definition) is 7. The fourth-order valence-corrected chi connectivity index (χ4v) is 3.65. The Bertz CT molecular complexity index is 601. The fourth-order valence-electron chi connectivity index (χ4n) is 1.62. The number of aliphatic hydroxyl groups excluding tert-OH is 2. The van der Waals surface area contributed by atoms with Gasteiger partial charge in [0.25, 0.3) is 10.0 Å². The Hall–Kier alpha value is -1.29. The van der Waals surface area contributed by atoms with Crippen molar-refractivity contribution in [2.75, 3.05) is 30.8 Å². The van der Waals surface area contributed by atoms with Crippen molar-refractivity contribution in [3.05, 3.63) is 24.3 Å². The van der Waals surface area contributed by atoms with Crippen molar-refractivity contribution in [1.82, 2.24) is 4.72 Å². The van der Waals surface area contributed by atoms with Gasteiger partial charge in [0, 0.05) is 18.0 Å². The number of benzene rings is 1. The van der Waals surface area contributed by atoms with Crippen molar-refractivity contribution in [2.45, 2.75) is 11.0 Å². The first-order chi connectivity index (χ1) is 10.0. The zero-order chi connectivity index (χ0) is 15.3. The van der Waals surface area contributed by atoms with E-state index in [-0.39, 0.29) is 18.0 Å². The van der Waals surface area contributed by atoms with Crippen LogP contribution in [0.3, 0.4) is 0 Å². The number of hydrogen-bond donors (Lipinski definition) is 4. The highest BCUT2D eigenvalue weighted by Crippen LogP contribution is 2.16. The second-order valence-corrected chi connectivity index (χ2v) is 7.15. The van der Waals surface area contributed by atoms with Crippen molar-refractivity contribution in [2.24, 2.45) is 4.99 Å². The Morgan fingerprint density at radius 1 is 1.33 bits per heavy atom. The van der Waals surface area contributed by atoms with E-state index in [2.05, 4.69) is 15.0 Å². The number of anilines is 1. The monoisotopic (exact) mass is 331 g/mol. The minimum atomic E-state index is -3.62. The summed E-state index contributed by atoms with van der Waals surface area (Å²) >= 11 is 1.38. The SMILES string of the molecule is O=S(=O)(NC1=NCCS1)c1ccc(NCC(O)CO)cc1. The molecule has 4 N–H and O–H groups in total. The van der Waals surface area contributed by atoms with E-state index < -0.39 is 16.1 Å². The van der Waals surface area contributed by atoms with E-state index in [9.17, 15) is 13.5 Å². The lowest BCUT2D eigenvalue weighted by atomic mass is 10.3. The molecule has 0 spiro atoms. The zero-order valence-electron chi connectivity index (χ0n) is 11.2. The zero-order valence-corrected chi connectivity index (χ0v) is 12.8. The standard InChI is InChI=1S/C12H17N3O4S2/c16-8-10(17)7-14-9-1-3-11(4-2-9)21(18,19)15-12-13-5-6-20-12/h1-4,10,14,16-17H,5-8H2,(H,13,15). The molecule has 1 aromatic carbocycles. The van der Waals surface area contributed by atoms with Crippen LogP contribution in [-0.2, 0) is 10.0 Å². The summed E-state index contributed by atoms with van der Waals surface area (Å²) in [6.07, 6.45) is -0.854. The molecular weight excluding hydrogens is 314 g/mol. The van der Waals surface area contributed by atoms with Crippen LogP contribution in [0.25, 0.3) is 0 Å². The van der Waals surface area contributed by atoms with Crippen molar-refractivity contribution in [1.29, 1.82) is 0 Å². The summed E-state index contributed by atoms with van der Waals surface area (Å²) in [5.74, 6) is 0.786. The van der Waals surface area contributed by atoms with E-state index in [0.29, 0.717) is 17.4 Å². The Kier molecular flexibility index (Phi) is 5.45. The molecule has 0 bridgehead atoms. The lowest BCUT2D eigenvalue weighted by molar-refractivity contribution is 0.105. The molecular formula is C12H17N3O4S2. The molecule has 1 unspecified atom stereocenters. The van der Waals surface area contributed by atoms with E-state index in [1.807, 2.05) is 0 Å². The van der Waals surface area contributed by atoms with Crippen molar-refractivity contribution in [3.63, 3.8) is 0 Å². The largest absolute Gasteiger partial charge is 0.394 e. The molecule has 2 rings (SSSR count). The van der Waals surface area contributed by atoms with Crippen LogP contribution in [0.4, 0.5) is 5.69 Å². The maximum Gasteiger partial charge on any atom is 0.263 e. The summed E-state index contributed by atoms with van der Waals surface area (Å²) < 4.78 is 26.7. The molecule has 0 amide bonds. The number of rotatable bonds is 6. The van der Waals surface area contributed by atoms with Gasteiger partial charge in [0.05, 0.1) is 24.2 Å². The summed E-state index contributed by atoms with van der Waals surface area (Å²) in [4.78, 5) is 4.19. The molecule has 0 fully saturated rings. The lowest BCUT2D eigenvalue weighted by Gasteiger charge is -2.11. The van der Waals surface area contributed by atoms with Gasteiger partial charge in [0.1, 0.15) is 0 Å². The first-order valence-electron chi connectivity index (χ1n) is 6.34. The van der Waals surface area contributed by atoms with Gasteiger partial charge in [-0.3, -0.25) is 9.71 Å². The molecule has 21 heavy (non-hydrogen) atoms. The van der Waals surface area contributed by atoms with Gasteiger partial charge < -0.3 is 15.5 Å².